The number of hydrogen-bond donors (Lipinski definition) is 1. The van der Waals surface area contributed by atoms with E-state index in [0.717, 1.165) is 29.8 Å². The topological polar surface area (TPSA) is 20.2 Å². The molecule has 17 heavy (non-hydrogen) atoms. The maximum atomic E-state index is 10.6. The molecule has 1 aromatic rings. The van der Waals surface area contributed by atoms with Crippen molar-refractivity contribution in [1.29, 1.82) is 0 Å². The van der Waals surface area contributed by atoms with Gasteiger partial charge in [0.25, 0.3) is 0 Å². The summed E-state index contributed by atoms with van der Waals surface area (Å²) in [5.74, 6) is 0.623. The Bertz CT molecular complexity index is 402. The second-order valence-corrected chi connectivity index (χ2v) is 6.10. The highest BCUT2D eigenvalue weighted by Crippen LogP contribution is 2.36. The molecule has 1 saturated carbocycles. The van der Waals surface area contributed by atoms with Crippen LogP contribution in [0.4, 0.5) is 0 Å². The Balaban J connectivity index is 2.14. The molecule has 2 atom stereocenters. The van der Waals surface area contributed by atoms with Gasteiger partial charge in [-0.15, -0.1) is 0 Å². The lowest BCUT2D eigenvalue weighted by molar-refractivity contribution is -0.0123. The number of aryl methyl sites for hydroxylation is 1. The Morgan fingerprint density at radius 1 is 1.47 bits per heavy atom. The Hall–Kier alpha value is -0.530. The van der Waals surface area contributed by atoms with Gasteiger partial charge in [-0.2, -0.15) is 0 Å². The van der Waals surface area contributed by atoms with Crippen molar-refractivity contribution >= 4 is 11.6 Å². The van der Waals surface area contributed by atoms with Crippen molar-refractivity contribution in [3.8, 4) is 0 Å². The van der Waals surface area contributed by atoms with Crippen LogP contribution in [0.1, 0.15) is 43.7 Å². The van der Waals surface area contributed by atoms with Crippen LogP contribution in [0.15, 0.2) is 18.2 Å². The van der Waals surface area contributed by atoms with Gasteiger partial charge in [-0.3, -0.25) is 0 Å². The molecular weight excluding hydrogens is 232 g/mol. The molecule has 1 fully saturated rings. The quantitative estimate of drug-likeness (QED) is 0.839. The maximum Gasteiger partial charge on any atom is 0.0691 e. The minimum absolute atomic E-state index is 0.545. The van der Waals surface area contributed by atoms with E-state index in [1.54, 1.807) is 0 Å². The second kappa shape index (κ2) is 4.99. The molecule has 0 aliphatic heterocycles. The SMILES string of the molecule is Cc1ccc(CC2(O)CCCC(C)C2)c(Cl)c1. The van der Waals surface area contributed by atoms with E-state index in [4.69, 9.17) is 11.6 Å². The first-order valence-corrected chi connectivity index (χ1v) is 6.84. The van der Waals surface area contributed by atoms with Gasteiger partial charge in [0, 0.05) is 11.4 Å². The Labute approximate surface area is 109 Å². The van der Waals surface area contributed by atoms with Crippen LogP contribution in [0, 0.1) is 12.8 Å². The molecule has 0 aromatic heterocycles. The molecule has 1 aliphatic carbocycles. The summed E-state index contributed by atoms with van der Waals surface area (Å²) in [6.45, 7) is 4.26. The van der Waals surface area contributed by atoms with E-state index in [1.165, 1.54) is 12.0 Å². The van der Waals surface area contributed by atoms with Crippen LogP contribution in [-0.2, 0) is 6.42 Å². The molecule has 94 valence electrons. The molecular formula is C15H21ClO. The average Bonchev–Trinajstić information content (AvgIpc) is 2.22. The summed E-state index contributed by atoms with van der Waals surface area (Å²) in [5, 5.41) is 11.4. The van der Waals surface area contributed by atoms with Crippen LogP contribution >= 0.6 is 11.6 Å². The van der Waals surface area contributed by atoms with Crippen molar-refractivity contribution in [3.05, 3.63) is 34.3 Å². The predicted molar refractivity (Wildman–Crippen MR) is 72.5 cm³/mol. The summed E-state index contributed by atoms with van der Waals surface area (Å²) in [6.07, 6.45) is 4.86. The van der Waals surface area contributed by atoms with E-state index in [1.807, 2.05) is 13.0 Å². The normalized spacial score (nSPS) is 29.3. The third-order valence-electron chi connectivity index (χ3n) is 3.80. The van der Waals surface area contributed by atoms with Gasteiger partial charge in [0.2, 0.25) is 0 Å². The Kier molecular flexibility index (Phi) is 3.79. The van der Waals surface area contributed by atoms with Gasteiger partial charge in [-0.05, 0) is 42.9 Å². The summed E-state index contributed by atoms with van der Waals surface area (Å²) in [4.78, 5) is 0. The Morgan fingerprint density at radius 3 is 2.88 bits per heavy atom. The standard InChI is InChI=1S/C15H21ClO/c1-11-5-6-13(14(16)8-11)10-15(17)7-3-4-12(2)9-15/h5-6,8,12,17H,3-4,7,9-10H2,1-2H3. The summed E-state index contributed by atoms with van der Waals surface area (Å²) in [6, 6.07) is 6.10. The first kappa shape index (κ1) is 12.9. The summed E-state index contributed by atoms with van der Waals surface area (Å²) < 4.78 is 0. The lowest BCUT2D eigenvalue weighted by Gasteiger charge is -2.36. The van der Waals surface area contributed by atoms with Crippen LogP contribution in [-0.4, -0.2) is 10.7 Å². The van der Waals surface area contributed by atoms with Crippen LogP contribution in [0.2, 0.25) is 5.02 Å². The van der Waals surface area contributed by atoms with Gasteiger partial charge < -0.3 is 5.11 Å². The third kappa shape index (κ3) is 3.23. The highest BCUT2D eigenvalue weighted by Gasteiger charge is 2.33. The fraction of sp³-hybridized carbons (Fsp3) is 0.600. The molecule has 0 bridgehead atoms. The zero-order valence-electron chi connectivity index (χ0n) is 10.7. The summed E-state index contributed by atoms with van der Waals surface area (Å²) in [5.41, 5.74) is 1.70. The van der Waals surface area contributed by atoms with Crippen molar-refractivity contribution in [3.63, 3.8) is 0 Å². The summed E-state index contributed by atoms with van der Waals surface area (Å²) >= 11 is 6.24. The zero-order chi connectivity index (χ0) is 12.5. The van der Waals surface area contributed by atoms with E-state index < -0.39 is 5.60 Å². The lowest BCUT2D eigenvalue weighted by Crippen LogP contribution is -2.36. The molecule has 1 nitrogen and oxygen atoms in total. The van der Waals surface area contributed by atoms with Crippen molar-refractivity contribution in [2.24, 2.45) is 5.92 Å². The van der Waals surface area contributed by atoms with Crippen molar-refractivity contribution in [2.45, 2.75) is 51.6 Å². The van der Waals surface area contributed by atoms with Crippen molar-refractivity contribution < 1.29 is 5.11 Å². The fourth-order valence-electron chi connectivity index (χ4n) is 2.94. The molecule has 0 heterocycles. The fourth-order valence-corrected chi connectivity index (χ4v) is 3.25. The molecule has 0 amide bonds. The molecule has 1 aliphatic rings. The van der Waals surface area contributed by atoms with Gasteiger partial charge in [0.05, 0.1) is 5.60 Å². The van der Waals surface area contributed by atoms with Crippen LogP contribution < -0.4 is 0 Å². The van der Waals surface area contributed by atoms with Gasteiger partial charge in [-0.1, -0.05) is 43.5 Å². The molecule has 2 unspecified atom stereocenters. The van der Waals surface area contributed by atoms with E-state index in [0.29, 0.717) is 12.3 Å². The monoisotopic (exact) mass is 252 g/mol. The smallest absolute Gasteiger partial charge is 0.0691 e. The zero-order valence-corrected chi connectivity index (χ0v) is 11.4. The summed E-state index contributed by atoms with van der Waals surface area (Å²) in [7, 11) is 0. The highest BCUT2D eigenvalue weighted by molar-refractivity contribution is 6.31. The largest absolute Gasteiger partial charge is 0.390 e. The van der Waals surface area contributed by atoms with Gasteiger partial charge in [0.15, 0.2) is 0 Å². The van der Waals surface area contributed by atoms with Gasteiger partial charge in [0.1, 0.15) is 0 Å². The average molecular weight is 253 g/mol. The highest BCUT2D eigenvalue weighted by atomic mass is 35.5. The molecule has 2 rings (SSSR count). The van der Waals surface area contributed by atoms with Crippen LogP contribution in [0.25, 0.3) is 0 Å². The number of benzene rings is 1. The lowest BCUT2D eigenvalue weighted by atomic mass is 9.76. The molecule has 0 spiro atoms. The minimum Gasteiger partial charge on any atom is -0.390 e. The molecule has 0 radical (unpaired) electrons. The van der Waals surface area contributed by atoms with E-state index in [2.05, 4.69) is 19.1 Å². The second-order valence-electron chi connectivity index (χ2n) is 5.70. The first-order chi connectivity index (χ1) is 7.98. The minimum atomic E-state index is -0.545. The third-order valence-corrected chi connectivity index (χ3v) is 4.15. The van der Waals surface area contributed by atoms with Crippen LogP contribution in [0.5, 0.6) is 0 Å². The van der Waals surface area contributed by atoms with E-state index in [-0.39, 0.29) is 0 Å². The van der Waals surface area contributed by atoms with E-state index in [9.17, 15) is 5.11 Å². The number of rotatable bonds is 2. The first-order valence-electron chi connectivity index (χ1n) is 6.46. The predicted octanol–water partition coefficient (Wildman–Crippen LogP) is 4.13. The van der Waals surface area contributed by atoms with Crippen LogP contribution in [0.3, 0.4) is 0 Å². The molecule has 1 aromatic carbocycles. The Morgan fingerprint density at radius 2 is 2.24 bits per heavy atom. The van der Waals surface area contributed by atoms with Crippen molar-refractivity contribution in [1.82, 2.24) is 0 Å². The maximum absolute atomic E-state index is 10.6. The van der Waals surface area contributed by atoms with Gasteiger partial charge >= 0.3 is 0 Å². The number of hydrogen-bond acceptors (Lipinski definition) is 1. The molecule has 2 heteroatoms. The van der Waals surface area contributed by atoms with Crippen molar-refractivity contribution in [2.75, 3.05) is 0 Å². The number of aliphatic hydroxyl groups is 1. The number of halogens is 1. The van der Waals surface area contributed by atoms with Gasteiger partial charge in [-0.25, -0.2) is 0 Å². The molecule has 0 saturated heterocycles. The molecule has 1 N–H and O–H groups in total. The van der Waals surface area contributed by atoms with E-state index >= 15 is 0 Å².